The monoisotopic (exact) mass is 497 g/mol. The van der Waals surface area contributed by atoms with Gasteiger partial charge in [0, 0.05) is 23.4 Å². The van der Waals surface area contributed by atoms with E-state index in [2.05, 4.69) is 27.5 Å². The zero-order valence-corrected chi connectivity index (χ0v) is 19.4. The van der Waals surface area contributed by atoms with Crippen molar-refractivity contribution >= 4 is 34.4 Å². The number of benzene rings is 2. The smallest absolute Gasteiger partial charge is 0.382 e. The summed E-state index contributed by atoms with van der Waals surface area (Å²) in [6.07, 6.45) is -1.80. The second-order valence-electron chi connectivity index (χ2n) is 7.89. The van der Waals surface area contributed by atoms with Crippen molar-refractivity contribution in [2.24, 2.45) is 10.2 Å². The number of hydrogen-bond acceptors (Lipinski definition) is 8. The Kier molecular flexibility index (Phi) is 7.83. The van der Waals surface area contributed by atoms with Crippen molar-refractivity contribution in [2.75, 3.05) is 11.1 Å². The van der Waals surface area contributed by atoms with Gasteiger partial charge in [0.25, 0.3) is 5.69 Å². The highest BCUT2D eigenvalue weighted by Crippen LogP contribution is 2.40. The number of nitro benzene ring substituents is 1. The van der Waals surface area contributed by atoms with Crippen LogP contribution in [0.25, 0.3) is 0 Å². The molecule has 0 aliphatic heterocycles. The standard InChI is InChI=1S/C24H22F3N7O2/c1-3-4-5-15-6-8-16(9-7-15)30-23-18(13-28)14(2)21(22(29)31-23)33-32-20-11-10-17(34(35)36)12-19(20)24(25,26)27/h6-12H,3-5H2,1-2H3,(H3,29,30,31)/b33-32+. The van der Waals surface area contributed by atoms with Crippen LogP contribution in [0.3, 0.4) is 0 Å². The highest BCUT2D eigenvalue weighted by atomic mass is 19.4. The van der Waals surface area contributed by atoms with E-state index in [1.807, 2.05) is 30.3 Å². The van der Waals surface area contributed by atoms with Gasteiger partial charge in [0.05, 0.1) is 21.7 Å². The average molecular weight is 497 g/mol. The molecule has 0 amide bonds. The van der Waals surface area contributed by atoms with Crippen LogP contribution in [0.5, 0.6) is 0 Å². The summed E-state index contributed by atoms with van der Waals surface area (Å²) in [5.74, 6) is 0.00635. The number of anilines is 3. The van der Waals surface area contributed by atoms with Gasteiger partial charge in [-0.2, -0.15) is 18.4 Å². The Balaban J connectivity index is 1.95. The van der Waals surface area contributed by atoms with E-state index in [-0.39, 0.29) is 28.5 Å². The normalized spacial score (nSPS) is 11.4. The van der Waals surface area contributed by atoms with E-state index in [1.165, 1.54) is 12.5 Å². The number of halogens is 3. The Morgan fingerprint density at radius 1 is 1.19 bits per heavy atom. The number of nitrogens with two attached hydrogens (primary N) is 1. The third kappa shape index (κ3) is 5.93. The molecule has 0 unspecified atom stereocenters. The molecule has 12 heteroatoms. The SMILES string of the molecule is CCCCc1ccc(Nc2nc(N)c(/N=N/c3ccc([N+](=O)[O-])cc3C(F)(F)F)c(C)c2C#N)cc1. The van der Waals surface area contributed by atoms with Crippen LogP contribution < -0.4 is 11.1 Å². The summed E-state index contributed by atoms with van der Waals surface area (Å²) in [4.78, 5) is 14.1. The number of nitrogen functional groups attached to an aromatic ring is 1. The molecular formula is C24H22F3N7O2. The lowest BCUT2D eigenvalue weighted by Crippen LogP contribution is -2.06. The first-order valence-corrected chi connectivity index (χ1v) is 10.9. The fourth-order valence-electron chi connectivity index (χ4n) is 3.40. The van der Waals surface area contributed by atoms with Crippen molar-refractivity contribution < 1.29 is 18.1 Å². The molecule has 0 fully saturated rings. The summed E-state index contributed by atoms with van der Waals surface area (Å²) in [5.41, 5.74) is 5.41. The van der Waals surface area contributed by atoms with Crippen LogP contribution in [0.4, 0.5) is 47.6 Å². The van der Waals surface area contributed by atoms with E-state index in [0.717, 1.165) is 31.4 Å². The number of rotatable bonds is 8. The predicted octanol–water partition coefficient (Wildman–Crippen LogP) is 7.27. The van der Waals surface area contributed by atoms with Gasteiger partial charge in [-0.05, 0) is 43.5 Å². The first-order valence-electron chi connectivity index (χ1n) is 10.9. The lowest BCUT2D eigenvalue weighted by Gasteiger charge is -2.13. The molecule has 1 heterocycles. The number of hydrogen-bond donors (Lipinski definition) is 2. The summed E-state index contributed by atoms with van der Waals surface area (Å²) < 4.78 is 40.3. The number of aromatic nitrogens is 1. The van der Waals surface area contributed by atoms with Gasteiger partial charge in [-0.3, -0.25) is 10.1 Å². The topological polar surface area (TPSA) is 143 Å². The molecule has 9 nitrogen and oxygen atoms in total. The first-order chi connectivity index (χ1) is 17.0. The minimum atomic E-state index is -4.91. The van der Waals surface area contributed by atoms with E-state index in [1.54, 1.807) is 0 Å². The van der Waals surface area contributed by atoms with Crippen LogP contribution in [-0.2, 0) is 12.6 Å². The van der Waals surface area contributed by atoms with E-state index in [4.69, 9.17) is 5.73 Å². The van der Waals surface area contributed by atoms with Crippen LogP contribution in [0, 0.1) is 28.4 Å². The minimum Gasteiger partial charge on any atom is -0.382 e. The summed E-state index contributed by atoms with van der Waals surface area (Å²) >= 11 is 0. The number of nitro groups is 1. The van der Waals surface area contributed by atoms with Gasteiger partial charge in [0.1, 0.15) is 11.8 Å². The Morgan fingerprint density at radius 2 is 1.89 bits per heavy atom. The summed E-state index contributed by atoms with van der Waals surface area (Å²) in [5, 5.41) is 31.0. The predicted molar refractivity (Wildman–Crippen MR) is 129 cm³/mol. The van der Waals surface area contributed by atoms with E-state index >= 15 is 0 Å². The molecule has 36 heavy (non-hydrogen) atoms. The van der Waals surface area contributed by atoms with E-state index in [9.17, 15) is 28.5 Å². The average Bonchev–Trinajstić information content (AvgIpc) is 2.83. The molecule has 0 spiro atoms. The number of non-ortho nitro benzene ring substituents is 1. The summed E-state index contributed by atoms with van der Waals surface area (Å²) in [6, 6.07) is 11.7. The number of nitrogens with zero attached hydrogens (tertiary/aromatic N) is 5. The van der Waals surface area contributed by atoms with Crippen molar-refractivity contribution in [3.63, 3.8) is 0 Å². The molecular weight excluding hydrogens is 475 g/mol. The molecule has 0 saturated heterocycles. The summed E-state index contributed by atoms with van der Waals surface area (Å²) in [6.45, 7) is 3.63. The highest BCUT2D eigenvalue weighted by Gasteiger charge is 2.35. The fraction of sp³-hybridized carbons (Fsp3) is 0.250. The van der Waals surface area contributed by atoms with Crippen molar-refractivity contribution in [1.82, 2.24) is 4.98 Å². The zero-order valence-electron chi connectivity index (χ0n) is 19.4. The molecule has 0 atom stereocenters. The Morgan fingerprint density at radius 3 is 2.47 bits per heavy atom. The molecule has 0 aliphatic rings. The number of unbranched alkanes of at least 4 members (excludes halogenated alkanes) is 1. The van der Waals surface area contributed by atoms with Crippen LogP contribution in [-0.4, -0.2) is 9.91 Å². The van der Waals surface area contributed by atoms with Gasteiger partial charge in [-0.25, -0.2) is 4.98 Å². The quantitative estimate of drug-likeness (QED) is 0.190. The second kappa shape index (κ2) is 10.8. The maximum absolute atomic E-state index is 13.4. The molecule has 3 rings (SSSR count). The van der Waals surface area contributed by atoms with Gasteiger partial charge >= 0.3 is 6.18 Å². The third-order valence-corrected chi connectivity index (χ3v) is 5.34. The van der Waals surface area contributed by atoms with Gasteiger partial charge < -0.3 is 11.1 Å². The van der Waals surface area contributed by atoms with Crippen LogP contribution in [0.15, 0.2) is 52.7 Å². The molecule has 186 valence electrons. The number of aryl methyl sites for hydroxylation is 1. The van der Waals surface area contributed by atoms with Crippen LogP contribution in [0.2, 0.25) is 0 Å². The molecule has 0 bridgehead atoms. The zero-order chi connectivity index (χ0) is 26.5. The van der Waals surface area contributed by atoms with Crippen molar-refractivity contribution in [3.05, 3.63) is 74.8 Å². The largest absolute Gasteiger partial charge is 0.418 e. The maximum Gasteiger partial charge on any atom is 0.418 e. The number of nitrogens with one attached hydrogen (secondary N) is 1. The van der Waals surface area contributed by atoms with Gasteiger partial charge in [-0.15, -0.1) is 10.2 Å². The van der Waals surface area contributed by atoms with E-state index in [0.29, 0.717) is 11.8 Å². The van der Waals surface area contributed by atoms with Gasteiger partial charge in [-0.1, -0.05) is 25.5 Å². The van der Waals surface area contributed by atoms with Crippen molar-refractivity contribution in [3.8, 4) is 6.07 Å². The summed E-state index contributed by atoms with van der Waals surface area (Å²) in [7, 11) is 0. The molecule has 3 aromatic rings. The van der Waals surface area contributed by atoms with E-state index < -0.39 is 28.0 Å². The number of pyridine rings is 1. The molecule has 2 aromatic carbocycles. The van der Waals surface area contributed by atoms with Crippen molar-refractivity contribution in [2.45, 2.75) is 39.3 Å². The second-order valence-corrected chi connectivity index (χ2v) is 7.89. The number of azo groups is 1. The maximum atomic E-state index is 13.4. The molecule has 0 saturated carbocycles. The fourth-order valence-corrected chi connectivity index (χ4v) is 3.40. The lowest BCUT2D eigenvalue weighted by molar-refractivity contribution is -0.385. The molecule has 1 aromatic heterocycles. The lowest BCUT2D eigenvalue weighted by atomic mass is 10.1. The molecule has 0 aliphatic carbocycles. The van der Waals surface area contributed by atoms with Crippen LogP contribution in [0.1, 0.15) is 42.0 Å². The Hall–Kier alpha value is -4.53. The third-order valence-electron chi connectivity index (χ3n) is 5.34. The van der Waals surface area contributed by atoms with Crippen LogP contribution >= 0.6 is 0 Å². The minimum absolute atomic E-state index is 0.0847. The molecule has 0 radical (unpaired) electrons. The number of nitriles is 1. The van der Waals surface area contributed by atoms with Crippen molar-refractivity contribution in [1.29, 1.82) is 5.26 Å². The highest BCUT2D eigenvalue weighted by molar-refractivity contribution is 5.75. The molecule has 3 N–H and O–H groups in total. The number of alkyl halides is 3. The van der Waals surface area contributed by atoms with Gasteiger partial charge in [0.2, 0.25) is 0 Å². The van der Waals surface area contributed by atoms with Gasteiger partial charge in [0.15, 0.2) is 11.6 Å². The Labute approximate surface area is 204 Å². The first kappa shape index (κ1) is 26.1. The Bertz CT molecular complexity index is 1350.